The summed E-state index contributed by atoms with van der Waals surface area (Å²) in [6.07, 6.45) is 9.15. The molecule has 128 valence electrons. The molecule has 3 unspecified atom stereocenters. The zero-order chi connectivity index (χ0) is 16.4. The van der Waals surface area contributed by atoms with Crippen molar-refractivity contribution >= 4 is 0 Å². The highest BCUT2D eigenvalue weighted by molar-refractivity contribution is 5.21. The molecule has 0 spiro atoms. The SMILES string of the molecule is CC1CCCN(Cc2cc(=O)c(O)cn2C2CCCCC2C)C1. The molecule has 4 heteroatoms. The van der Waals surface area contributed by atoms with Crippen molar-refractivity contribution in [1.29, 1.82) is 0 Å². The van der Waals surface area contributed by atoms with E-state index in [1.54, 1.807) is 12.3 Å². The molecule has 0 radical (unpaired) electrons. The summed E-state index contributed by atoms with van der Waals surface area (Å²) in [7, 11) is 0. The Bertz CT molecular complexity index is 596. The zero-order valence-corrected chi connectivity index (χ0v) is 14.5. The highest BCUT2D eigenvalue weighted by Gasteiger charge is 2.26. The maximum absolute atomic E-state index is 12.0. The van der Waals surface area contributed by atoms with Crippen LogP contribution in [0, 0.1) is 11.8 Å². The second-order valence-corrected chi connectivity index (χ2v) is 7.73. The van der Waals surface area contributed by atoms with E-state index in [9.17, 15) is 9.90 Å². The standard InChI is InChI=1S/C19H30N2O2/c1-14-6-5-9-20(11-14)12-16-10-18(22)19(23)13-21(16)17-8-4-3-7-15(17)2/h10,13-15,17,23H,3-9,11-12H2,1-2H3. The summed E-state index contributed by atoms with van der Waals surface area (Å²) in [5.41, 5.74) is 0.824. The van der Waals surface area contributed by atoms with Crippen molar-refractivity contribution in [1.82, 2.24) is 9.47 Å². The molecule has 4 nitrogen and oxygen atoms in total. The topological polar surface area (TPSA) is 45.5 Å². The van der Waals surface area contributed by atoms with Gasteiger partial charge in [0.25, 0.3) is 0 Å². The van der Waals surface area contributed by atoms with Gasteiger partial charge in [-0.1, -0.05) is 26.7 Å². The molecule has 0 bridgehead atoms. The molecule has 3 atom stereocenters. The first-order valence-corrected chi connectivity index (χ1v) is 9.21. The second kappa shape index (κ2) is 7.08. The molecule has 1 aliphatic carbocycles. The Morgan fingerprint density at radius 1 is 1.17 bits per heavy atom. The molecular weight excluding hydrogens is 288 g/mol. The quantitative estimate of drug-likeness (QED) is 0.927. The van der Waals surface area contributed by atoms with Gasteiger partial charge in [0.15, 0.2) is 5.75 Å². The number of hydrogen-bond donors (Lipinski definition) is 1. The van der Waals surface area contributed by atoms with E-state index in [4.69, 9.17) is 0 Å². The Kier molecular flexibility index (Phi) is 5.10. The van der Waals surface area contributed by atoms with Crippen LogP contribution in [-0.4, -0.2) is 27.7 Å². The molecule has 1 aliphatic heterocycles. The summed E-state index contributed by atoms with van der Waals surface area (Å²) >= 11 is 0. The van der Waals surface area contributed by atoms with E-state index in [1.165, 1.54) is 32.1 Å². The Morgan fingerprint density at radius 3 is 2.70 bits per heavy atom. The largest absolute Gasteiger partial charge is 0.503 e. The van der Waals surface area contributed by atoms with Gasteiger partial charge in [0.1, 0.15) is 0 Å². The molecule has 23 heavy (non-hydrogen) atoms. The van der Waals surface area contributed by atoms with Crippen molar-refractivity contribution < 1.29 is 5.11 Å². The van der Waals surface area contributed by atoms with E-state index in [-0.39, 0.29) is 11.2 Å². The highest BCUT2D eigenvalue weighted by atomic mass is 16.3. The fourth-order valence-corrected chi connectivity index (χ4v) is 4.38. The third-order valence-corrected chi connectivity index (χ3v) is 5.69. The van der Waals surface area contributed by atoms with Crippen LogP contribution in [-0.2, 0) is 6.54 Å². The molecule has 1 N–H and O–H groups in total. The van der Waals surface area contributed by atoms with Crippen molar-refractivity contribution in [3.63, 3.8) is 0 Å². The van der Waals surface area contributed by atoms with Crippen LogP contribution >= 0.6 is 0 Å². The zero-order valence-electron chi connectivity index (χ0n) is 14.5. The fraction of sp³-hybridized carbons (Fsp3) is 0.737. The summed E-state index contributed by atoms with van der Waals surface area (Å²) < 4.78 is 2.21. The molecule has 2 aliphatic rings. The number of nitrogens with zero attached hydrogens (tertiary/aromatic N) is 2. The molecule has 3 rings (SSSR count). The monoisotopic (exact) mass is 318 g/mol. The smallest absolute Gasteiger partial charge is 0.223 e. The molecular formula is C19H30N2O2. The molecule has 1 saturated heterocycles. The van der Waals surface area contributed by atoms with Crippen LogP contribution in [0.25, 0.3) is 0 Å². The Labute approximate surface area is 139 Å². The van der Waals surface area contributed by atoms with Gasteiger partial charge in [-0.3, -0.25) is 9.69 Å². The first-order chi connectivity index (χ1) is 11.0. The lowest BCUT2D eigenvalue weighted by atomic mass is 9.85. The van der Waals surface area contributed by atoms with Gasteiger partial charge in [-0.15, -0.1) is 0 Å². The van der Waals surface area contributed by atoms with E-state index in [2.05, 4.69) is 23.3 Å². The number of aromatic nitrogens is 1. The summed E-state index contributed by atoms with van der Waals surface area (Å²) in [5.74, 6) is 1.22. The molecule has 1 aromatic rings. The molecule has 1 saturated carbocycles. The van der Waals surface area contributed by atoms with Gasteiger partial charge in [0, 0.05) is 30.9 Å². The van der Waals surface area contributed by atoms with Crippen LogP contribution < -0.4 is 5.43 Å². The minimum atomic E-state index is -0.246. The van der Waals surface area contributed by atoms with Crippen molar-refractivity contribution in [2.24, 2.45) is 11.8 Å². The lowest BCUT2D eigenvalue weighted by Crippen LogP contribution is -2.36. The number of likely N-dealkylation sites (tertiary alicyclic amines) is 1. The number of pyridine rings is 1. The first-order valence-electron chi connectivity index (χ1n) is 9.21. The van der Waals surface area contributed by atoms with Crippen LogP contribution in [0.4, 0.5) is 0 Å². The fourth-order valence-electron chi connectivity index (χ4n) is 4.38. The Balaban J connectivity index is 1.88. The van der Waals surface area contributed by atoms with Gasteiger partial charge in [-0.2, -0.15) is 0 Å². The van der Waals surface area contributed by atoms with Crippen LogP contribution in [0.1, 0.15) is 64.1 Å². The van der Waals surface area contributed by atoms with E-state index in [0.29, 0.717) is 12.0 Å². The van der Waals surface area contributed by atoms with Crippen LogP contribution in [0.3, 0.4) is 0 Å². The predicted octanol–water partition coefficient (Wildman–Crippen LogP) is 3.54. The Hall–Kier alpha value is -1.29. The lowest BCUT2D eigenvalue weighted by molar-refractivity contribution is 0.166. The molecule has 2 fully saturated rings. The summed E-state index contributed by atoms with van der Waals surface area (Å²) in [5, 5.41) is 9.94. The predicted molar refractivity (Wildman–Crippen MR) is 92.7 cm³/mol. The summed E-state index contributed by atoms with van der Waals surface area (Å²) in [4.78, 5) is 14.4. The van der Waals surface area contributed by atoms with Crippen molar-refractivity contribution in [2.75, 3.05) is 13.1 Å². The molecule has 1 aromatic heterocycles. The normalized spacial score (nSPS) is 29.6. The van der Waals surface area contributed by atoms with Crippen molar-refractivity contribution in [3.8, 4) is 5.75 Å². The van der Waals surface area contributed by atoms with Gasteiger partial charge in [-0.05, 0) is 44.1 Å². The molecule has 0 amide bonds. The van der Waals surface area contributed by atoms with Gasteiger partial charge in [0.05, 0.1) is 6.20 Å². The second-order valence-electron chi connectivity index (χ2n) is 7.73. The lowest BCUT2D eigenvalue weighted by Gasteiger charge is -2.35. The highest BCUT2D eigenvalue weighted by Crippen LogP contribution is 2.35. The van der Waals surface area contributed by atoms with Gasteiger partial charge >= 0.3 is 0 Å². The third-order valence-electron chi connectivity index (χ3n) is 5.69. The molecule has 0 aromatic carbocycles. The average molecular weight is 318 g/mol. The number of piperidine rings is 1. The maximum Gasteiger partial charge on any atom is 0.223 e. The molecule has 2 heterocycles. The number of hydrogen-bond acceptors (Lipinski definition) is 3. The number of aromatic hydroxyl groups is 1. The van der Waals surface area contributed by atoms with E-state index in [1.807, 2.05) is 0 Å². The van der Waals surface area contributed by atoms with Crippen molar-refractivity contribution in [3.05, 3.63) is 28.2 Å². The van der Waals surface area contributed by atoms with Crippen LogP contribution in [0.2, 0.25) is 0 Å². The minimum absolute atomic E-state index is 0.112. The summed E-state index contributed by atoms with van der Waals surface area (Å²) in [6.45, 7) is 7.64. The maximum atomic E-state index is 12.0. The van der Waals surface area contributed by atoms with Gasteiger partial charge in [0.2, 0.25) is 5.43 Å². The van der Waals surface area contributed by atoms with E-state index >= 15 is 0 Å². The van der Waals surface area contributed by atoms with Crippen LogP contribution in [0.15, 0.2) is 17.1 Å². The number of rotatable bonds is 3. The minimum Gasteiger partial charge on any atom is -0.503 e. The Morgan fingerprint density at radius 2 is 1.96 bits per heavy atom. The van der Waals surface area contributed by atoms with Crippen LogP contribution in [0.5, 0.6) is 5.75 Å². The average Bonchev–Trinajstić information content (AvgIpc) is 2.51. The van der Waals surface area contributed by atoms with E-state index < -0.39 is 0 Å². The van der Waals surface area contributed by atoms with E-state index in [0.717, 1.165) is 37.7 Å². The van der Waals surface area contributed by atoms with Gasteiger partial charge < -0.3 is 9.67 Å². The van der Waals surface area contributed by atoms with Crippen molar-refractivity contribution in [2.45, 2.75) is 65.0 Å². The third kappa shape index (κ3) is 3.79. The first kappa shape index (κ1) is 16.6. The summed E-state index contributed by atoms with van der Waals surface area (Å²) in [6, 6.07) is 2.07. The van der Waals surface area contributed by atoms with Gasteiger partial charge in [-0.25, -0.2) is 0 Å².